The van der Waals surface area contributed by atoms with Crippen LogP contribution in [0.5, 0.6) is 0 Å². The van der Waals surface area contributed by atoms with Gasteiger partial charge in [0.1, 0.15) is 5.41 Å². The van der Waals surface area contributed by atoms with Gasteiger partial charge in [0.25, 0.3) is 0 Å². The molecule has 1 nitrogen and oxygen atoms in total. The molecule has 0 saturated carbocycles. The molecule has 2 bridgehead atoms. The van der Waals surface area contributed by atoms with Crippen LogP contribution in [0.2, 0.25) is 0 Å². The molecular formula is C22H15NS. The first-order valence-electron chi connectivity index (χ1n) is 8.13. The van der Waals surface area contributed by atoms with Gasteiger partial charge in [0, 0.05) is 5.75 Å². The van der Waals surface area contributed by atoms with E-state index in [1.54, 1.807) is 0 Å². The minimum absolute atomic E-state index is 0.286. The van der Waals surface area contributed by atoms with Crippen LogP contribution in [0.4, 0.5) is 0 Å². The lowest BCUT2D eigenvalue weighted by Crippen LogP contribution is -2.51. The summed E-state index contributed by atoms with van der Waals surface area (Å²) in [5.74, 6) is 0.680. The summed E-state index contributed by atoms with van der Waals surface area (Å²) in [5.41, 5.74) is 5.98. The lowest BCUT2D eigenvalue weighted by atomic mass is 9.48. The summed E-state index contributed by atoms with van der Waals surface area (Å²) in [7, 11) is 0. The van der Waals surface area contributed by atoms with Gasteiger partial charge >= 0.3 is 0 Å². The van der Waals surface area contributed by atoms with Crippen molar-refractivity contribution in [2.45, 2.75) is 10.8 Å². The second-order valence-electron chi connectivity index (χ2n) is 6.56. The Morgan fingerprint density at radius 3 is 1.29 bits per heavy atom. The third-order valence-electron chi connectivity index (χ3n) is 5.78. The molecule has 3 aliphatic carbocycles. The molecule has 114 valence electrons. The molecular weight excluding hydrogens is 310 g/mol. The first-order valence-corrected chi connectivity index (χ1v) is 8.76. The van der Waals surface area contributed by atoms with Crippen molar-refractivity contribution < 1.29 is 0 Å². The van der Waals surface area contributed by atoms with Crippen LogP contribution in [0.25, 0.3) is 0 Å². The van der Waals surface area contributed by atoms with Gasteiger partial charge in [-0.3, -0.25) is 0 Å². The monoisotopic (exact) mass is 325 g/mol. The minimum Gasteiger partial charge on any atom is -0.197 e. The highest BCUT2D eigenvalue weighted by Gasteiger charge is 2.58. The highest BCUT2D eigenvalue weighted by molar-refractivity contribution is 7.80. The van der Waals surface area contributed by atoms with Crippen LogP contribution in [-0.2, 0) is 10.8 Å². The molecule has 0 radical (unpaired) electrons. The Labute approximate surface area is 147 Å². The van der Waals surface area contributed by atoms with E-state index in [-0.39, 0.29) is 5.41 Å². The minimum atomic E-state index is -0.728. The quantitative estimate of drug-likeness (QED) is 0.657. The van der Waals surface area contributed by atoms with E-state index in [0.29, 0.717) is 5.75 Å². The van der Waals surface area contributed by atoms with Crippen LogP contribution in [0.3, 0.4) is 0 Å². The van der Waals surface area contributed by atoms with Crippen LogP contribution < -0.4 is 0 Å². The van der Waals surface area contributed by atoms with Crippen molar-refractivity contribution in [2.75, 3.05) is 5.75 Å². The van der Waals surface area contributed by atoms with Gasteiger partial charge in [0.15, 0.2) is 0 Å². The summed E-state index contributed by atoms with van der Waals surface area (Å²) in [6.07, 6.45) is 0. The Morgan fingerprint density at radius 1 is 0.667 bits per heavy atom. The van der Waals surface area contributed by atoms with Crippen molar-refractivity contribution >= 4 is 12.6 Å². The van der Waals surface area contributed by atoms with Gasteiger partial charge in [0.2, 0.25) is 0 Å². The highest BCUT2D eigenvalue weighted by atomic mass is 32.1. The Kier molecular flexibility index (Phi) is 2.62. The average Bonchev–Trinajstić information content (AvgIpc) is 2.67. The summed E-state index contributed by atoms with van der Waals surface area (Å²) in [6, 6.07) is 27.9. The number of nitriles is 1. The molecule has 0 unspecified atom stereocenters. The maximum Gasteiger partial charge on any atom is 0.133 e. The normalized spacial score (nSPS) is 25.3. The van der Waals surface area contributed by atoms with Gasteiger partial charge in [-0.2, -0.15) is 17.9 Å². The van der Waals surface area contributed by atoms with E-state index < -0.39 is 5.41 Å². The third-order valence-corrected chi connectivity index (χ3v) is 6.25. The molecule has 3 aromatic carbocycles. The van der Waals surface area contributed by atoms with Crippen LogP contribution in [0, 0.1) is 11.3 Å². The van der Waals surface area contributed by atoms with Crippen LogP contribution in [-0.4, -0.2) is 5.75 Å². The predicted octanol–water partition coefficient (Wildman–Crippen LogP) is 4.44. The van der Waals surface area contributed by atoms with Crippen molar-refractivity contribution in [1.29, 1.82) is 5.26 Å². The smallest absolute Gasteiger partial charge is 0.133 e. The maximum absolute atomic E-state index is 10.4. The lowest BCUT2D eigenvalue weighted by molar-refractivity contribution is 0.556. The zero-order chi connectivity index (χ0) is 16.4. The van der Waals surface area contributed by atoms with Gasteiger partial charge in [-0.05, 0) is 33.4 Å². The Bertz CT molecular complexity index is 909. The van der Waals surface area contributed by atoms with E-state index in [0.717, 1.165) is 16.7 Å². The number of hydrogen-bond donors (Lipinski definition) is 1. The van der Waals surface area contributed by atoms with E-state index in [9.17, 15) is 5.26 Å². The Hall–Kier alpha value is -2.50. The fourth-order valence-corrected chi connectivity index (χ4v) is 5.36. The summed E-state index contributed by atoms with van der Waals surface area (Å²) in [6.45, 7) is 0. The Balaban J connectivity index is 2.09. The van der Waals surface area contributed by atoms with Crippen molar-refractivity contribution in [3.05, 3.63) is 106 Å². The van der Waals surface area contributed by atoms with E-state index in [1.165, 1.54) is 16.7 Å². The molecule has 6 rings (SSSR count). The SMILES string of the molecule is N#CC12c3ccccc3C(CS)(c3ccccc31)c1ccccc12. The standard InChI is InChI=1S/C22H15NS/c23-13-21-15-7-1-4-10-18(15)22(14-24,19-11-5-2-8-16(19)21)20-12-6-3-9-17(20)21/h1-12,24H,14H2. The fraction of sp³-hybridized carbons (Fsp3) is 0.136. The molecule has 24 heavy (non-hydrogen) atoms. The number of hydrogen-bond acceptors (Lipinski definition) is 2. The van der Waals surface area contributed by atoms with Gasteiger partial charge in [-0.1, -0.05) is 72.8 Å². The predicted molar refractivity (Wildman–Crippen MR) is 98.6 cm³/mol. The molecule has 0 heterocycles. The van der Waals surface area contributed by atoms with Crippen molar-refractivity contribution in [3.63, 3.8) is 0 Å². The van der Waals surface area contributed by atoms with E-state index in [4.69, 9.17) is 12.6 Å². The molecule has 0 amide bonds. The largest absolute Gasteiger partial charge is 0.197 e. The second kappa shape index (κ2) is 4.53. The van der Waals surface area contributed by atoms with Gasteiger partial charge in [-0.25, -0.2) is 0 Å². The third kappa shape index (κ3) is 1.27. The topological polar surface area (TPSA) is 23.8 Å². The fourth-order valence-electron chi connectivity index (χ4n) is 4.85. The number of rotatable bonds is 1. The van der Waals surface area contributed by atoms with Gasteiger partial charge in [-0.15, -0.1) is 0 Å². The van der Waals surface area contributed by atoms with Gasteiger partial charge < -0.3 is 0 Å². The first kappa shape index (κ1) is 13.9. The van der Waals surface area contributed by atoms with Crippen molar-refractivity contribution in [3.8, 4) is 6.07 Å². The van der Waals surface area contributed by atoms with Crippen LogP contribution in [0.1, 0.15) is 33.4 Å². The van der Waals surface area contributed by atoms with Crippen LogP contribution >= 0.6 is 12.6 Å². The molecule has 0 atom stereocenters. The van der Waals surface area contributed by atoms with E-state index in [1.807, 2.05) is 18.2 Å². The second-order valence-corrected chi connectivity index (χ2v) is 6.88. The first-order chi connectivity index (χ1) is 11.8. The molecule has 3 aromatic rings. The highest BCUT2D eigenvalue weighted by Crippen LogP contribution is 2.61. The lowest BCUT2D eigenvalue weighted by Gasteiger charge is -2.53. The van der Waals surface area contributed by atoms with Crippen molar-refractivity contribution in [2.24, 2.45) is 0 Å². The summed E-state index contributed by atoms with van der Waals surface area (Å²) in [5, 5.41) is 10.4. The molecule has 0 fully saturated rings. The number of nitrogens with zero attached hydrogens (tertiary/aromatic N) is 1. The molecule has 2 heteroatoms. The van der Waals surface area contributed by atoms with E-state index in [2.05, 4.69) is 60.7 Å². The van der Waals surface area contributed by atoms with Gasteiger partial charge in [0.05, 0.1) is 11.5 Å². The Morgan fingerprint density at radius 2 is 1.00 bits per heavy atom. The zero-order valence-corrected chi connectivity index (χ0v) is 13.9. The molecule has 3 aliphatic rings. The molecule has 0 spiro atoms. The molecule has 0 saturated heterocycles. The van der Waals surface area contributed by atoms with E-state index >= 15 is 0 Å². The summed E-state index contributed by atoms with van der Waals surface area (Å²) >= 11 is 4.80. The molecule has 0 aliphatic heterocycles. The van der Waals surface area contributed by atoms with Crippen LogP contribution in [0.15, 0.2) is 72.8 Å². The number of benzene rings is 3. The average molecular weight is 325 g/mol. The van der Waals surface area contributed by atoms with Crippen molar-refractivity contribution in [1.82, 2.24) is 0 Å². The zero-order valence-electron chi connectivity index (χ0n) is 13.0. The summed E-state index contributed by atoms with van der Waals surface area (Å²) in [4.78, 5) is 0. The molecule has 0 aromatic heterocycles. The maximum atomic E-state index is 10.4. The number of thiol groups is 1. The summed E-state index contributed by atoms with van der Waals surface area (Å²) < 4.78 is 0. The molecule has 0 N–H and O–H groups in total.